The normalized spacial score (nSPS) is 19.3. The topological polar surface area (TPSA) is 179 Å². The van der Waals surface area contributed by atoms with Crippen LogP contribution >= 0.6 is 0 Å². The number of nitrogens with zero attached hydrogens (tertiary/aromatic N) is 3. The van der Waals surface area contributed by atoms with Crippen molar-refractivity contribution >= 4 is 33.2 Å². The minimum Gasteiger partial charge on any atom is -0.364 e. The predicted molar refractivity (Wildman–Crippen MR) is 113 cm³/mol. The van der Waals surface area contributed by atoms with E-state index >= 15 is 0 Å². The van der Waals surface area contributed by atoms with E-state index < -0.39 is 14.9 Å². The number of nitrogens with one attached hydrogen (secondary N) is 2. The monoisotopic (exact) mass is 435 g/mol. The second-order valence-electron chi connectivity index (χ2n) is 7.38. The number of sulfonamides is 1. The molecule has 162 valence electrons. The summed E-state index contributed by atoms with van der Waals surface area (Å²) in [4.78, 5) is 19.0. The van der Waals surface area contributed by atoms with Crippen LogP contribution < -0.4 is 21.5 Å². The number of hydrogen-bond acceptors (Lipinski definition) is 9. The summed E-state index contributed by atoms with van der Waals surface area (Å²) in [6.45, 7) is 1.28. The molecule has 1 saturated carbocycles. The highest BCUT2D eigenvalue weighted by molar-refractivity contribution is 7.89. The first-order chi connectivity index (χ1) is 14.3. The van der Waals surface area contributed by atoms with Gasteiger partial charge in [-0.1, -0.05) is 0 Å². The molecule has 0 spiro atoms. The average molecular weight is 436 g/mol. The highest BCUT2D eigenvalue weighted by atomic mass is 32.2. The number of aromatic nitrogens is 2. The lowest BCUT2D eigenvalue weighted by Gasteiger charge is -2.27. The first kappa shape index (κ1) is 21.9. The van der Waals surface area contributed by atoms with Crippen molar-refractivity contribution in [3.63, 3.8) is 0 Å². The van der Waals surface area contributed by atoms with Gasteiger partial charge in [-0.05, 0) is 68.3 Å². The molecule has 6 N–H and O–H groups in total. The quantitative estimate of drug-likeness (QED) is 0.356. The summed E-state index contributed by atoms with van der Waals surface area (Å²) in [6.07, 6.45) is 5.32. The van der Waals surface area contributed by atoms with Crippen molar-refractivity contribution in [3.05, 3.63) is 40.6 Å². The van der Waals surface area contributed by atoms with Crippen LogP contribution in [0.1, 0.15) is 25.7 Å². The Hall–Kier alpha value is -2.83. The lowest BCUT2D eigenvalue weighted by atomic mass is 9.82. The Morgan fingerprint density at radius 1 is 1.13 bits per heavy atom. The Balaban J connectivity index is 1.70. The predicted octanol–water partition coefficient (Wildman–Crippen LogP) is 1.95. The fourth-order valence-corrected chi connectivity index (χ4v) is 3.98. The van der Waals surface area contributed by atoms with Gasteiger partial charge in [0.25, 0.3) is 0 Å². The van der Waals surface area contributed by atoms with Crippen molar-refractivity contribution in [1.82, 2.24) is 9.97 Å². The molecule has 1 aromatic carbocycles. The van der Waals surface area contributed by atoms with E-state index in [0.717, 1.165) is 31.9 Å². The van der Waals surface area contributed by atoms with Crippen LogP contribution in [0.4, 0.5) is 23.1 Å². The van der Waals surface area contributed by atoms with Gasteiger partial charge in [0.15, 0.2) is 0 Å². The van der Waals surface area contributed by atoms with Crippen LogP contribution in [0.3, 0.4) is 0 Å². The fourth-order valence-electron chi connectivity index (χ4n) is 3.47. The highest BCUT2D eigenvalue weighted by Crippen LogP contribution is 2.30. The smallest absolute Gasteiger partial charge is 0.329 e. The minimum atomic E-state index is -3.79. The molecule has 0 unspecified atom stereocenters. The maximum atomic E-state index is 11.3. The van der Waals surface area contributed by atoms with Crippen molar-refractivity contribution in [2.24, 2.45) is 22.7 Å². The molecule has 0 amide bonds. The van der Waals surface area contributed by atoms with E-state index in [4.69, 9.17) is 10.9 Å². The number of anilines is 3. The molecule has 0 aliphatic heterocycles. The highest BCUT2D eigenvalue weighted by Gasteiger charge is 2.22. The molecule has 1 aliphatic rings. The summed E-state index contributed by atoms with van der Waals surface area (Å²) < 4.78 is 22.7. The van der Waals surface area contributed by atoms with Crippen molar-refractivity contribution in [2.45, 2.75) is 30.6 Å². The van der Waals surface area contributed by atoms with Gasteiger partial charge in [0, 0.05) is 12.2 Å². The van der Waals surface area contributed by atoms with Gasteiger partial charge >= 0.3 is 5.69 Å². The third kappa shape index (κ3) is 5.62. The number of rotatable bonds is 8. The molecule has 1 heterocycles. The zero-order valence-corrected chi connectivity index (χ0v) is 17.1. The lowest BCUT2D eigenvalue weighted by molar-refractivity contribution is -0.384. The molecule has 2 aromatic rings. The van der Waals surface area contributed by atoms with Crippen molar-refractivity contribution in [2.75, 3.05) is 23.7 Å². The molecule has 11 nitrogen and oxygen atoms in total. The molecule has 0 saturated heterocycles. The Kier molecular flexibility index (Phi) is 6.80. The second kappa shape index (κ2) is 9.32. The fraction of sp³-hybridized carbons (Fsp3) is 0.444. The van der Waals surface area contributed by atoms with Crippen LogP contribution in [0.5, 0.6) is 0 Å². The Morgan fingerprint density at radius 2 is 1.77 bits per heavy atom. The zero-order valence-electron chi connectivity index (χ0n) is 16.3. The molecule has 0 bridgehead atoms. The van der Waals surface area contributed by atoms with Gasteiger partial charge in [0.05, 0.1) is 9.82 Å². The van der Waals surface area contributed by atoms with Gasteiger partial charge in [0.2, 0.25) is 21.8 Å². The van der Waals surface area contributed by atoms with Crippen LogP contribution in [-0.4, -0.2) is 36.4 Å². The van der Waals surface area contributed by atoms with E-state index in [1.54, 1.807) is 0 Å². The van der Waals surface area contributed by atoms with E-state index in [1.807, 2.05) is 0 Å². The van der Waals surface area contributed by atoms with Gasteiger partial charge in [-0.3, -0.25) is 10.1 Å². The Labute approximate surface area is 174 Å². The summed E-state index contributed by atoms with van der Waals surface area (Å²) in [6, 6.07) is 5.71. The lowest BCUT2D eigenvalue weighted by Crippen LogP contribution is -2.25. The van der Waals surface area contributed by atoms with Crippen molar-refractivity contribution < 1.29 is 13.3 Å². The maximum Gasteiger partial charge on any atom is 0.329 e. The first-order valence-electron chi connectivity index (χ1n) is 9.61. The minimum absolute atomic E-state index is 0.0237. The van der Waals surface area contributed by atoms with Gasteiger partial charge in [-0.2, -0.15) is 4.98 Å². The first-order valence-corrected chi connectivity index (χ1v) is 11.2. The van der Waals surface area contributed by atoms with E-state index in [1.165, 1.54) is 24.3 Å². The molecule has 12 heteroatoms. The average Bonchev–Trinajstić information content (AvgIpc) is 2.72. The molecule has 1 aliphatic carbocycles. The Morgan fingerprint density at radius 3 is 2.33 bits per heavy atom. The molecule has 0 atom stereocenters. The molecule has 0 radical (unpaired) electrons. The number of primary sulfonamides is 1. The van der Waals surface area contributed by atoms with Crippen LogP contribution in [0.2, 0.25) is 0 Å². The van der Waals surface area contributed by atoms with Gasteiger partial charge < -0.3 is 16.4 Å². The zero-order chi connectivity index (χ0) is 21.7. The van der Waals surface area contributed by atoms with E-state index in [0.29, 0.717) is 30.6 Å². The van der Waals surface area contributed by atoms with Crippen LogP contribution in [0.25, 0.3) is 0 Å². The summed E-state index contributed by atoms with van der Waals surface area (Å²) in [5.41, 5.74) is 6.03. The number of nitro groups is 1. The molecule has 1 fully saturated rings. The van der Waals surface area contributed by atoms with Crippen LogP contribution in [0, 0.1) is 22.0 Å². The van der Waals surface area contributed by atoms with Gasteiger partial charge in [-0.15, -0.1) is 0 Å². The summed E-state index contributed by atoms with van der Waals surface area (Å²) in [5.74, 6) is 1.26. The van der Waals surface area contributed by atoms with Gasteiger partial charge in [0.1, 0.15) is 6.20 Å². The number of nitrogens with two attached hydrogens (primary N) is 2. The van der Waals surface area contributed by atoms with Crippen molar-refractivity contribution in [3.8, 4) is 0 Å². The van der Waals surface area contributed by atoms with Crippen LogP contribution in [0.15, 0.2) is 35.4 Å². The SMILES string of the molecule is NCC1CCC(CNc2nc(Nc3ccc(S(N)(=O)=O)cc3)ncc2[N+](=O)[O-])CC1. The molecule has 3 rings (SSSR count). The standard InChI is InChI=1S/C18H25N7O4S/c19-9-12-1-3-13(4-2-12)10-21-17-16(25(26)27)11-22-18(24-17)23-14-5-7-15(8-6-14)30(20,28)29/h5-8,11-13H,1-4,9-10,19H2,(H2,20,28,29)(H2,21,22,23,24). The largest absolute Gasteiger partial charge is 0.364 e. The molecule has 1 aromatic heterocycles. The third-order valence-electron chi connectivity index (χ3n) is 5.26. The van der Waals surface area contributed by atoms with Crippen molar-refractivity contribution in [1.29, 1.82) is 0 Å². The van der Waals surface area contributed by atoms with E-state index in [-0.39, 0.29) is 22.3 Å². The van der Waals surface area contributed by atoms with Crippen LogP contribution in [-0.2, 0) is 10.0 Å². The summed E-state index contributed by atoms with van der Waals surface area (Å²) in [5, 5.41) is 22.4. The molecule has 30 heavy (non-hydrogen) atoms. The second-order valence-corrected chi connectivity index (χ2v) is 8.94. The van der Waals surface area contributed by atoms with E-state index in [2.05, 4.69) is 20.6 Å². The summed E-state index contributed by atoms with van der Waals surface area (Å²) in [7, 11) is -3.79. The molecular formula is C18H25N7O4S. The maximum absolute atomic E-state index is 11.3. The summed E-state index contributed by atoms with van der Waals surface area (Å²) >= 11 is 0. The van der Waals surface area contributed by atoms with E-state index in [9.17, 15) is 18.5 Å². The third-order valence-corrected chi connectivity index (χ3v) is 6.19. The number of benzene rings is 1. The molecular weight excluding hydrogens is 410 g/mol. The number of hydrogen-bond donors (Lipinski definition) is 4. The Bertz CT molecular complexity index is 990. The van der Waals surface area contributed by atoms with Gasteiger partial charge in [-0.25, -0.2) is 18.5 Å².